The van der Waals surface area contributed by atoms with Gasteiger partial charge in [0.2, 0.25) is 0 Å². The second-order valence-electron chi connectivity index (χ2n) is 5.15. The van der Waals surface area contributed by atoms with Gasteiger partial charge in [0, 0.05) is 42.1 Å². The molecule has 2 N–H and O–H groups in total. The second-order valence-corrected chi connectivity index (χ2v) is 7.15. The maximum absolute atomic E-state index is 10.2. The normalized spacial score (nSPS) is 23.2. The SMILES string of the molecule is CN1CCc2nc(NC3=CC(Br)=CN(C)C3O)sc2C1. The van der Waals surface area contributed by atoms with Crippen LogP contribution in [-0.2, 0) is 13.0 Å². The quantitative estimate of drug-likeness (QED) is 0.847. The standard InChI is InChI=1S/C13H17BrN4OS/c1-17-4-3-9-11(7-17)20-13(15-9)16-10-5-8(14)6-18(2)12(10)19/h5-6,12,19H,3-4,7H2,1-2H3,(H,15,16). The van der Waals surface area contributed by atoms with Crippen molar-refractivity contribution in [1.29, 1.82) is 0 Å². The molecule has 1 unspecified atom stereocenters. The Labute approximate surface area is 130 Å². The third-order valence-corrected chi connectivity index (χ3v) is 4.89. The summed E-state index contributed by atoms with van der Waals surface area (Å²) in [6.45, 7) is 2.01. The molecule has 0 radical (unpaired) electrons. The van der Waals surface area contributed by atoms with E-state index in [1.165, 1.54) is 10.6 Å². The number of fused-ring (bicyclic) bond motifs is 1. The second kappa shape index (κ2) is 5.48. The highest BCUT2D eigenvalue weighted by molar-refractivity contribution is 9.11. The lowest BCUT2D eigenvalue weighted by Crippen LogP contribution is -2.34. The fraction of sp³-hybridized carbons (Fsp3) is 0.462. The van der Waals surface area contributed by atoms with E-state index >= 15 is 0 Å². The molecular weight excluding hydrogens is 340 g/mol. The van der Waals surface area contributed by atoms with Crippen molar-refractivity contribution in [2.75, 3.05) is 26.0 Å². The van der Waals surface area contributed by atoms with Crippen molar-refractivity contribution >= 4 is 32.4 Å². The van der Waals surface area contributed by atoms with Crippen LogP contribution in [0.1, 0.15) is 10.6 Å². The van der Waals surface area contributed by atoms with Crippen molar-refractivity contribution in [2.24, 2.45) is 0 Å². The zero-order chi connectivity index (χ0) is 14.3. The minimum Gasteiger partial charge on any atom is -0.368 e. The van der Waals surface area contributed by atoms with Crippen LogP contribution >= 0.6 is 27.3 Å². The molecule has 3 heterocycles. The first-order chi connectivity index (χ1) is 9.52. The molecule has 0 bridgehead atoms. The van der Waals surface area contributed by atoms with E-state index in [2.05, 4.69) is 38.2 Å². The molecule has 0 spiro atoms. The van der Waals surface area contributed by atoms with Crippen LogP contribution < -0.4 is 5.32 Å². The minimum atomic E-state index is -0.667. The number of anilines is 1. The predicted molar refractivity (Wildman–Crippen MR) is 84.6 cm³/mol. The topological polar surface area (TPSA) is 51.6 Å². The molecule has 0 amide bonds. The Bertz CT molecular complexity index is 583. The summed E-state index contributed by atoms with van der Waals surface area (Å²) in [5, 5.41) is 14.3. The zero-order valence-corrected chi connectivity index (χ0v) is 13.8. The molecule has 1 aromatic heterocycles. The summed E-state index contributed by atoms with van der Waals surface area (Å²) < 4.78 is 0.925. The van der Waals surface area contributed by atoms with E-state index in [0.717, 1.165) is 34.8 Å². The van der Waals surface area contributed by atoms with Gasteiger partial charge in [-0.25, -0.2) is 4.98 Å². The number of aliphatic hydroxyl groups is 1. The number of rotatable bonds is 2. The van der Waals surface area contributed by atoms with Crippen LogP contribution in [0.3, 0.4) is 0 Å². The van der Waals surface area contributed by atoms with Crippen molar-refractivity contribution in [1.82, 2.24) is 14.8 Å². The molecule has 0 fully saturated rings. The molecule has 7 heteroatoms. The predicted octanol–water partition coefficient (Wildman–Crippen LogP) is 1.93. The van der Waals surface area contributed by atoms with Crippen molar-refractivity contribution in [2.45, 2.75) is 19.2 Å². The maximum atomic E-state index is 10.2. The average molecular weight is 357 g/mol. The molecule has 5 nitrogen and oxygen atoms in total. The van der Waals surface area contributed by atoms with Crippen molar-refractivity contribution in [3.05, 3.63) is 33.0 Å². The van der Waals surface area contributed by atoms with Crippen molar-refractivity contribution in [3.8, 4) is 0 Å². The summed E-state index contributed by atoms with van der Waals surface area (Å²) in [4.78, 5) is 10.00. The lowest BCUT2D eigenvalue weighted by molar-refractivity contribution is 0.0869. The molecule has 0 aliphatic carbocycles. The van der Waals surface area contributed by atoms with E-state index in [0.29, 0.717) is 0 Å². The molecule has 1 atom stereocenters. The summed E-state index contributed by atoms with van der Waals surface area (Å²) >= 11 is 5.11. The molecule has 2 aliphatic rings. The first-order valence-corrected chi connectivity index (χ1v) is 8.07. The van der Waals surface area contributed by atoms with Gasteiger partial charge in [-0.3, -0.25) is 0 Å². The van der Waals surface area contributed by atoms with E-state index < -0.39 is 6.23 Å². The van der Waals surface area contributed by atoms with Gasteiger partial charge < -0.3 is 20.2 Å². The van der Waals surface area contributed by atoms with Gasteiger partial charge in [-0.15, -0.1) is 11.3 Å². The lowest BCUT2D eigenvalue weighted by Gasteiger charge is -2.28. The monoisotopic (exact) mass is 356 g/mol. The molecule has 1 aromatic rings. The van der Waals surface area contributed by atoms with Crippen LogP contribution in [0.5, 0.6) is 0 Å². The van der Waals surface area contributed by atoms with Gasteiger partial charge in [0.25, 0.3) is 0 Å². The lowest BCUT2D eigenvalue weighted by atomic mass is 10.2. The van der Waals surface area contributed by atoms with Crippen molar-refractivity contribution < 1.29 is 5.11 Å². The van der Waals surface area contributed by atoms with Crippen LogP contribution in [-0.4, -0.2) is 46.8 Å². The Hall–Kier alpha value is -0.890. The van der Waals surface area contributed by atoms with Crippen LogP contribution in [0, 0.1) is 0 Å². The molecule has 108 valence electrons. The number of halogens is 1. The number of hydrogen-bond acceptors (Lipinski definition) is 6. The fourth-order valence-corrected chi connectivity index (χ4v) is 4.02. The molecular formula is C13H17BrN4OS. The Morgan fingerprint density at radius 3 is 3.10 bits per heavy atom. The Morgan fingerprint density at radius 2 is 2.30 bits per heavy atom. The number of allylic oxidation sites excluding steroid dienone is 2. The smallest absolute Gasteiger partial charge is 0.187 e. The number of aromatic nitrogens is 1. The van der Waals surface area contributed by atoms with E-state index in [1.54, 1.807) is 16.2 Å². The van der Waals surface area contributed by atoms with Crippen LogP contribution in [0.4, 0.5) is 5.13 Å². The third-order valence-electron chi connectivity index (χ3n) is 3.46. The highest BCUT2D eigenvalue weighted by Crippen LogP contribution is 2.30. The van der Waals surface area contributed by atoms with Crippen molar-refractivity contribution in [3.63, 3.8) is 0 Å². The van der Waals surface area contributed by atoms with Gasteiger partial charge in [-0.05, 0) is 29.1 Å². The fourth-order valence-electron chi connectivity index (χ4n) is 2.35. The Morgan fingerprint density at radius 1 is 1.50 bits per heavy atom. The third kappa shape index (κ3) is 2.76. The molecule has 0 saturated heterocycles. The van der Waals surface area contributed by atoms with Gasteiger partial charge in [-0.1, -0.05) is 0 Å². The molecule has 3 rings (SSSR count). The number of nitrogens with zero attached hydrogens (tertiary/aromatic N) is 3. The first kappa shape index (κ1) is 14.1. The minimum absolute atomic E-state index is 0.667. The Kier molecular flexibility index (Phi) is 3.85. The highest BCUT2D eigenvalue weighted by Gasteiger charge is 2.22. The van der Waals surface area contributed by atoms with Gasteiger partial charge in [-0.2, -0.15) is 0 Å². The van der Waals surface area contributed by atoms with E-state index in [4.69, 9.17) is 0 Å². The zero-order valence-electron chi connectivity index (χ0n) is 11.4. The van der Waals surface area contributed by atoms with Crippen LogP contribution in [0.15, 0.2) is 22.5 Å². The maximum Gasteiger partial charge on any atom is 0.187 e. The van der Waals surface area contributed by atoms with Gasteiger partial charge >= 0.3 is 0 Å². The van der Waals surface area contributed by atoms with E-state index in [-0.39, 0.29) is 0 Å². The first-order valence-electron chi connectivity index (χ1n) is 6.46. The van der Waals surface area contributed by atoms with Gasteiger partial charge in [0.15, 0.2) is 11.4 Å². The molecule has 20 heavy (non-hydrogen) atoms. The highest BCUT2D eigenvalue weighted by atomic mass is 79.9. The van der Waals surface area contributed by atoms with Gasteiger partial charge in [0.05, 0.1) is 11.4 Å². The number of aliphatic hydroxyl groups excluding tert-OH is 1. The number of hydrogen-bond donors (Lipinski definition) is 2. The number of thiazole rings is 1. The van der Waals surface area contributed by atoms with E-state index in [9.17, 15) is 5.11 Å². The molecule has 0 aromatic carbocycles. The Balaban J connectivity index is 1.80. The average Bonchev–Trinajstić information content (AvgIpc) is 2.76. The number of nitrogens with one attached hydrogen (secondary N) is 1. The summed E-state index contributed by atoms with van der Waals surface area (Å²) in [6, 6.07) is 0. The van der Waals surface area contributed by atoms with E-state index in [1.807, 2.05) is 19.3 Å². The van der Waals surface area contributed by atoms with Crippen LogP contribution in [0.25, 0.3) is 0 Å². The molecule has 0 saturated carbocycles. The molecule has 2 aliphatic heterocycles. The number of likely N-dealkylation sites (N-methyl/N-ethyl adjacent to an activating group) is 2. The summed E-state index contributed by atoms with van der Waals surface area (Å²) in [6.07, 6.45) is 4.06. The summed E-state index contributed by atoms with van der Waals surface area (Å²) in [5.74, 6) is 0. The van der Waals surface area contributed by atoms with Crippen LogP contribution in [0.2, 0.25) is 0 Å². The van der Waals surface area contributed by atoms with Gasteiger partial charge in [0.1, 0.15) is 0 Å². The largest absolute Gasteiger partial charge is 0.368 e. The summed E-state index contributed by atoms with van der Waals surface area (Å²) in [5.41, 5.74) is 1.92. The summed E-state index contributed by atoms with van der Waals surface area (Å²) in [7, 11) is 3.96.